The Labute approximate surface area is 129 Å². The number of nitrogens with zero attached hydrogens (tertiary/aromatic N) is 2. The molecule has 0 radical (unpaired) electrons. The van der Waals surface area contributed by atoms with Crippen LogP contribution in [0.2, 0.25) is 5.02 Å². The Hall–Kier alpha value is -1.36. The molecule has 1 aliphatic heterocycles. The Kier molecular flexibility index (Phi) is 4.58. The average Bonchev–Trinajstić information content (AvgIpc) is 3.02. The van der Waals surface area contributed by atoms with Gasteiger partial charge in [-0.25, -0.2) is 4.98 Å². The molecule has 5 heteroatoms. The van der Waals surface area contributed by atoms with Gasteiger partial charge in [-0.1, -0.05) is 23.7 Å². The lowest BCUT2D eigenvalue weighted by Gasteiger charge is -2.33. The maximum atomic E-state index is 10.4. The van der Waals surface area contributed by atoms with Gasteiger partial charge in [-0.05, 0) is 37.1 Å². The summed E-state index contributed by atoms with van der Waals surface area (Å²) in [5.74, 6) is 1.48. The molecule has 1 aromatic carbocycles. The van der Waals surface area contributed by atoms with Gasteiger partial charge in [-0.2, -0.15) is 0 Å². The van der Waals surface area contributed by atoms with Gasteiger partial charge in [0.2, 0.25) is 0 Å². The van der Waals surface area contributed by atoms with Crippen molar-refractivity contribution in [2.45, 2.75) is 24.9 Å². The minimum Gasteiger partial charge on any atom is -0.387 e. The molecule has 4 nitrogen and oxygen atoms in total. The molecular weight excluding hydrogens is 286 g/mol. The molecule has 2 aromatic rings. The highest BCUT2D eigenvalue weighted by atomic mass is 35.5. The number of piperidine rings is 1. The van der Waals surface area contributed by atoms with Gasteiger partial charge in [0.05, 0.1) is 6.10 Å². The van der Waals surface area contributed by atoms with Gasteiger partial charge in [-0.15, -0.1) is 0 Å². The number of hydrogen-bond acceptors (Lipinski definition) is 3. The Bertz CT molecular complexity index is 573. The lowest BCUT2D eigenvalue weighted by atomic mass is 9.96. The zero-order chi connectivity index (χ0) is 14.7. The van der Waals surface area contributed by atoms with Crippen LogP contribution in [0.25, 0.3) is 0 Å². The maximum absolute atomic E-state index is 10.4. The van der Waals surface area contributed by atoms with Gasteiger partial charge >= 0.3 is 0 Å². The number of nitrogens with one attached hydrogen (secondary N) is 1. The topological polar surface area (TPSA) is 52.1 Å². The Morgan fingerprint density at radius 3 is 3.14 bits per heavy atom. The molecule has 1 fully saturated rings. The highest BCUT2D eigenvalue weighted by molar-refractivity contribution is 6.30. The van der Waals surface area contributed by atoms with Crippen LogP contribution in [-0.2, 0) is 0 Å². The van der Waals surface area contributed by atoms with E-state index in [-0.39, 0.29) is 0 Å². The van der Waals surface area contributed by atoms with E-state index in [1.54, 1.807) is 6.20 Å². The fourth-order valence-corrected chi connectivity index (χ4v) is 3.21. The third kappa shape index (κ3) is 3.64. The number of aliphatic hydroxyl groups is 1. The number of aromatic nitrogens is 2. The molecule has 21 heavy (non-hydrogen) atoms. The van der Waals surface area contributed by atoms with E-state index < -0.39 is 6.10 Å². The number of H-pyrrole nitrogens is 1. The molecular formula is C16H20ClN3O. The van der Waals surface area contributed by atoms with Crippen molar-refractivity contribution in [3.8, 4) is 0 Å². The van der Waals surface area contributed by atoms with E-state index in [0.717, 1.165) is 37.3 Å². The molecule has 1 saturated heterocycles. The predicted molar refractivity (Wildman–Crippen MR) is 83.4 cm³/mol. The largest absolute Gasteiger partial charge is 0.387 e. The van der Waals surface area contributed by atoms with E-state index in [0.29, 0.717) is 17.5 Å². The fraction of sp³-hybridized carbons (Fsp3) is 0.438. The monoisotopic (exact) mass is 305 g/mol. The zero-order valence-electron chi connectivity index (χ0n) is 11.9. The predicted octanol–water partition coefficient (Wildman–Crippen LogP) is 2.98. The van der Waals surface area contributed by atoms with Crippen LogP contribution < -0.4 is 0 Å². The maximum Gasteiger partial charge on any atom is 0.110 e. The first-order valence-corrected chi connectivity index (χ1v) is 7.75. The van der Waals surface area contributed by atoms with Crippen molar-refractivity contribution in [1.82, 2.24) is 14.9 Å². The number of aliphatic hydroxyl groups excluding tert-OH is 1. The number of imidazole rings is 1. The number of aromatic amines is 1. The number of rotatable bonds is 4. The van der Waals surface area contributed by atoms with Gasteiger partial charge in [0.25, 0.3) is 0 Å². The SMILES string of the molecule is OC(CN1CCCC(c2ncc[nH]2)C1)c1cccc(Cl)c1. The average molecular weight is 306 g/mol. The van der Waals surface area contributed by atoms with E-state index in [4.69, 9.17) is 11.6 Å². The van der Waals surface area contributed by atoms with Crippen molar-refractivity contribution in [2.24, 2.45) is 0 Å². The zero-order valence-corrected chi connectivity index (χ0v) is 12.6. The quantitative estimate of drug-likeness (QED) is 0.913. The third-order valence-corrected chi connectivity index (χ3v) is 4.31. The second kappa shape index (κ2) is 6.60. The Balaban J connectivity index is 1.62. The summed E-state index contributed by atoms with van der Waals surface area (Å²) in [6.45, 7) is 2.59. The molecule has 2 atom stereocenters. The van der Waals surface area contributed by atoms with E-state index >= 15 is 0 Å². The number of likely N-dealkylation sites (tertiary alicyclic amines) is 1. The smallest absolute Gasteiger partial charge is 0.110 e. The van der Waals surface area contributed by atoms with E-state index in [1.807, 2.05) is 30.5 Å². The highest BCUT2D eigenvalue weighted by Crippen LogP contribution is 2.26. The van der Waals surface area contributed by atoms with Crippen LogP contribution in [0, 0.1) is 0 Å². The summed E-state index contributed by atoms with van der Waals surface area (Å²) in [6, 6.07) is 7.46. The second-order valence-electron chi connectivity index (χ2n) is 5.64. The lowest BCUT2D eigenvalue weighted by Crippen LogP contribution is -2.37. The fourth-order valence-electron chi connectivity index (χ4n) is 3.01. The molecule has 2 unspecified atom stereocenters. The molecule has 0 spiro atoms. The molecule has 0 bridgehead atoms. The van der Waals surface area contributed by atoms with Crippen molar-refractivity contribution in [1.29, 1.82) is 0 Å². The first-order chi connectivity index (χ1) is 10.2. The van der Waals surface area contributed by atoms with Gasteiger partial charge in [0.15, 0.2) is 0 Å². The van der Waals surface area contributed by atoms with Crippen molar-refractivity contribution < 1.29 is 5.11 Å². The number of halogens is 1. The minimum absolute atomic E-state index is 0.431. The molecule has 2 N–H and O–H groups in total. The molecule has 2 heterocycles. The van der Waals surface area contributed by atoms with E-state index in [1.165, 1.54) is 0 Å². The molecule has 0 saturated carbocycles. The summed E-state index contributed by atoms with van der Waals surface area (Å²) in [4.78, 5) is 9.87. The third-order valence-electron chi connectivity index (χ3n) is 4.08. The normalized spacial score (nSPS) is 21.3. The van der Waals surface area contributed by atoms with Crippen molar-refractivity contribution in [3.63, 3.8) is 0 Å². The van der Waals surface area contributed by atoms with Crippen molar-refractivity contribution in [3.05, 3.63) is 53.1 Å². The molecule has 1 aromatic heterocycles. The second-order valence-corrected chi connectivity index (χ2v) is 6.08. The molecule has 3 rings (SSSR count). The van der Waals surface area contributed by atoms with Crippen LogP contribution in [0.5, 0.6) is 0 Å². The van der Waals surface area contributed by atoms with Crippen LogP contribution in [0.15, 0.2) is 36.7 Å². The summed E-state index contributed by atoms with van der Waals surface area (Å²) in [7, 11) is 0. The first kappa shape index (κ1) is 14.6. The summed E-state index contributed by atoms with van der Waals surface area (Å²) < 4.78 is 0. The van der Waals surface area contributed by atoms with Crippen LogP contribution in [0.4, 0.5) is 0 Å². The highest BCUT2D eigenvalue weighted by Gasteiger charge is 2.24. The molecule has 1 aliphatic rings. The minimum atomic E-state index is -0.501. The Morgan fingerprint density at radius 1 is 1.48 bits per heavy atom. The van der Waals surface area contributed by atoms with Crippen LogP contribution in [-0.4, -0.2) is 39.6 Å². The lowest BCUT2D eigenvalue weighted by molar-refractivity contribution is 0.0946. The van der Waals surface area contributed by atoms with Crippen molar-refractivity contribution >= 4 is 11.6 Å². The van der Waals surface area contributed by atoms with Gasteiger partial charge in [0.1, 0.15) is 5.82 Å². The summed E-state index contributed by atoms with van der Waals surface area (Å²) in [6.07, 6.45) is 5.45. The van der Waals surface area contributed by atoms with Gasteiger partial charge in [0, 0.05) is 36.4 Å². The number of β-amino-alcohol motifs (C(OH)–C–C–N with tert-alkyl or cyclic N) is 1. The molecule has 0 amide bonds. The van der Waals surface area contributed by atoms with Crippen molar-refractivity contribution in [2.75, 3.05) is 19.6 Å². The number of hydrogen-bond donors (Lipinski definition) is 2. The number of benzene rings is 1. The summed E-state index contributed by atoms with van der Waals surface area (Å²) in [5, 5.41) is 11.1. The molecule has 112 valence electrons. The van der Waals surface area contributed by atoms with Crippen LogP contribution in [0.1, 0.15) is 36.3 Å². The molecule has 0 aliphatic carbocycles. The van der Waals surface area contributed by atoms with Crippen LogP contribution >= 0.6 is 11.6 Å². The summed E-state index contributed by atoms with van der Waals surface area (Å²) in [5.41, 5.74) is 0.877. The van der Waals surface area contributed by atoms with Crippen LogP contribution in [0.3, 0.4) is 0 Å². The van der Waals surface area contributed by atoms with Gasteiger partial charge in [-0.3, -0.25) is 4.90 Å². The standard InChI is InChI=1S/C16H20ClN3O/c17-14-5-1-3-12(9-14)15(21)11-20-8-2-4-13(10-20)16-18-6-7-19-16/h1,3,5-7,9,13,15,21H,2,4,8,10-11H2,(H,18,19). The van der Waals surface area contributed by atoms with E-state index in [2.05, 4.69) is 14.9 Å². The Morgan fingerprint density at radius 2 is 2.38 bits per heavy atom. The first-order valence-electron chi connectivity index (χ1n) is 7.37. The van der Waals surface area contributed by atoms with Gasteiger partial charge < -0.3 is 10.1 Å². The summed E-state index contributed by atoms with van der Waals surface area (Å²) >= 11 is 5.99. The van der Waals surface area contributed by atoms with E-state index in [9.17, 15) is 5.11 Å².